The van der Waals surface area contributed by atoms with Gasteiger partial charge in [0.25, 0.3) is 0 Å². The zero-order chi connectivity index (χ0) is 16.6. The normalized spacial score (nSPS) is 10.9. The van der Waals surface area contributed by atoms with Crippen molar-refractivity contribution in [2.24, 2.45) is 0 Å². The van der Waals surface area contributed by atoms with Crippen LogP contribution in [0.3, 0.4) is 0 Å². The van der Waals surface area contributed by atoms with Gasteiger partial charge in [-0.3, -0.25) is 4.79 Å². The van der Waals surface area contributed by atoms with E-state index in [1.807, 2.05) is 25.1 Å². The molecule has 1 aromatic heterocycles. The summed E-state index contributed by atoms with van der Waals surface area (Å²) in [7, 11) is 1.40. The molecule has 3 rings (SSSR count). The van der Waals surface area contributed by atoms with Gasteiger partial charge in [-0.15, -0.1) is 0 Å². The van der Waals surface area contributed by atoms with E-state index in [2.05, 4.69) is 4.98 Å². The van der Waals surface area contributed by atoms with Gasteiger partial charge in [-0.25, -0.2) is 4.39 Å². The number of fused-ring (bicyclic) bond motifs is 1. The smallest absolute Gasteiger partial charge is 0.307 e. The fourth-order valence-corrected chi connectivity index (χ4v) is 2.76. The van der Waals surface area contributed by atoms with Crippen LogP contribution in [0.4, 0.5) is 4.39 Å². The lowest BCUT2D eigenvalue weighted by Gasteiger charge is -2.06. The molecule has 0 saturated heterocycles. The van der Waals surface area contributed by atoms with E-state index in [-0.39, 0.29) is 12.2 Å². The Bertz CT molecular complexity index is 899. The van der Waals surface area contributed by atoms with E-state index in [1.54, 1.807) is 6.07 Å². The molecule has 0 spiro atoms. The zero-order valence-electron chi connectivity index (χ0n) is 12.8. The average Bonchev–Trinajstić information content (AvgIpc) is 2.84. The lowest BCUT2D eigenvalue weighted by molar-refractivity contribution is -0.136. The maximum absolute atomic E-state index is 14.0. The second-order valence-corrected chi connectivity index (χ2v) is 5.45. The predicted molar refractivity (Wildman–Crippen MR) is 86.3 cm³/mol. The Morgan fingerprint density at radius 2 is 2.04 bits per heavy atom. The Morgan fingerprint density at radius 3 is 2.70 bits per heavy atom. The molecule has 4 nitrogen and oxygen atoms in total. The second-order valence-electron chi connectivity index (χ2n) is 5.45. The van der Waals surface area contributed by atoms with Crippen LogP contribution in [0.1, 0.15) is 11.1 Å². The fraction of sp³-hybridized carbons (Fsp3) is 0.167. The molecule has 1 heterocycles. The number of aryl methyl sites for hydroxylation is 1. The summed E-state index contributed by atoms with van der Waals surface area (Å²) in [6, 6.07) is 10.4. The Morgan fingerprint density at radius 1 is 1.26 bits per heavy atom. The molecule has 118 valence electrons. The Hall–Kier alpha value is -2.82. The highest BCUT2D eigenvalue weighted by atomic mass is 19.1. The lowest BCUT2D eigenvalue weighted by Crippen LogP contribution is -2.01. The number of nitrogens with one attached hydrogen (secondary N) is 1. The van der Waals surface area contributed by atoms with Gasteiger partial charge in [0.2, 0.25) is 0 Å². The van der Waals surface area contributed by atoms with Crippen LogP contribution in [0.5, 0.6) is 5.75 Å². The molecular formula is C18H16FNO3. The third kappa shape index (κ3) is 2.77. The number of hydrogen-bond acceptors (Lipinski definition) is 2. The number of carbonyl (C=O) groups is 1. The van der Waals surface area contributed by atoms with Crippen molar-refractivity contribution >= 4 is 16.9 Å². The van der Waals surface area contributed by atoms with Gasteiger partial charge in [0, 0.05) is 16.5 Å². The maximum atomic E-state index is 14.0. The van der Waals surface area contributed by atoms with Gasteiger partial charge in [-0.2, -0.15) is 0 Å². The number of H-pyrrole nitrogens is 1. The minimum Gasteiger partial charge on any atom is -0.494 e. The number of carboxylic acids is 1. The molecule has 0 radical (unpaired) electrons. The topological polar surface area (TPSA) is 62.3 Å². The Labute approximate surface area is 132 Å². The lowest BCUT2D eigenvalue weighted by atomic mass is 10.0. The molecule has 0 aliphatic rings. The van der Waals surface area contributed by atoms with E-state index in [1.165, 1.54) is 19.2 Å². The number of benzene rings is 2. The van der Waals surface area contributed by atoms with Crippen molar-refractivity contribution in [3.05, 3.63) is 53.3 Å². The van der Waals surface area contributed by atoms with Gasteiger partial charge in [0.05, 0.1) is 19.2 Å². The minimum atomic E-state index is -0.928. The summed E-state index contributed by atoms with van der Waals surface area (Å²) in [5.74, 6) is -1.26. The van der Waals surface area contributed by atoms with E-state index in [0.29, 0.717) is 16.8 Å². The SMILES string of the molecule is COc1ccc(-c2[nH]c3ccc(C)cc3c2CC(=O)O)cc1F. The standard InChI is InChI=1S/C18H16FNO3/c1-10-3-5-15-12(7-10)13(9-17(21)22)18(20-15)11-4-6-16(23-2)14(19)8-11/h3-8,20H,9H2,1-2H3,(H,21,22). The third-order valence-electron chi connectivity index (χ3n) is 3.83. The number of rotatable bonds is 4. The zero-order valence-corrected chi connectivity index (χ0v) is 12.8. The van der Waals surface area contributed by atoms with Crippen molar-refractivity contribution in [3.63, 3.8) is 0 Å². The number of aromatic amines is 1. The number of aliphatic carboxylic acids is 1. The van der Waals surface area contributed by atoms with Gasteiger partial charge < -0.3 is 14.8 Å². The Kier molecular flexibility index (Phi) is 3.78. The van der Waals surface area contributed by atoms with Crippen LogP contribution in [-0.4, -0.2) is 23.2 Å². The predicted octanol–water partition coefficient (Wildman–Crippen LogP) is 3.92. The molecule has 0 saturated carbocycles. The highest BCUT2D eigenvalue weighted by Gasteiger charge is 2.17. The summed E-state index contributed by atoms with van der Waals surface area (Å²) in [6.07, 6.45) is -0.133. The first kappa shape index (κ1) is 15.1. The summed E-state index contributed by atoms with van der Waals surface area (Å²) in [6.45, 7) is 1.95. The quantitative estimate of drug-likeness (QED) is 0.767. The number of halogens is 1. The van der Waals surface area contributed by atoms with Crippen LogP contribution in [0, 0.1) is 12.7 Å². The van der Waals surface area contributed by atoms with Crippen molar-refractivity contribution < 1.29 is 19.0 Å². The van der Waals surface area contributed by atoms with Crippen LogP contribution in [0.15, 0.2) is 36.4 Å². The number of methoxy groups -OCH3 is 1. The largest absolute Gasteiger partial charge is 0.494 e. The van der Waals surface area contributed by atoms with Crippen molar-refractivity contribution in [3.8, 4) is 17.0 Å². The Balaban J connectivity index is 2.23. The molecule has 23 heavy (non-hydrogen) atoms. The van der Waals surface area contributed by atoms with Crippen LogP contribution in [0.25, 0.3) is 22.2 Å². The summed E-state index contributed by atoms with van der Waals surface area (Å²) >= 11 is 0. The van der Waals surface area contributed by atoms with Crippen molar-refractivity contribution in [1.29, 1.82) is 0 Å². The minimum absolute atomic E-state index is 0.133. The van der Waals surface area contributed by atoms with Gasteiger partial charge >= 0.3 is 5.97 Å². The molecule has 0 bridgehead atoms. The van der Waals surface area contributed by atoms with Gasteiger partial charge in [-0.05, 0) is 42.8 Å². The monoisotopic (exact) mass is 313 g/mol. The van der Waals surface area contributed by atoms with Crippen LogP contribution in [-0.2, 0) is 11.2 Å². The first-order chi connectivity index (χ1) is 11.0. The van der Waals surface area contributed by atoms with Gasteiger partial charge in [0.15, 0.2) is 11.6 Å². The molecule has 0 fully saturated rings. The first-order valence-corrected chi connectivity index (χ1v) is 7.16. The second kappa shape index (κ2) is 5.76. The van der Waals surface area contributed by atoms with Gasteiger partial charge in [-0.1, -0.05) is 11.6 Å². The summed E-state index contributed by atoms with van der Waals surface area (Å²) < 4.78 is 18.9. The molecule has 5 heteroatoms. The maximum Gasteiger partial charge on any atom is 0.307 e. The highest BCUT2D eigenvalue weighted by molar-refractivity contribution is 5.94. The number of ether oxygens (including phenoxy) is 1. The van der Waals surface area contributed by atoms with E-state index in [9.17, 15) is 14.3 Å². The fourth-order valence-electron chi connectivity index (χ4n) is 2.76. The van der Waals surface area contributed by atoms with E-state index in [0.717, 1.165) is 16.5 Å². The van der Waals surface area contributed by atoms with E-state index >= 15 is 0 Å². The molecule has 0 aliphatic heterocycles. The van der Waals surface area contributed by atoms with Gasteiger partial charge in [0.1, 0.15) is 0 Å². The molecule has 2 N–H and O–H groups in total. The van der Waals surface area contributed by atoms with Crippen LogP contribution >= 0.6 is 0 Å². The number of hydrogen-bond donors (Lipinski definition) is 2. The van der Waals surface area contributed by atoms with Crippen LogP contribution < -0.4 is 4.74 Å². The molecule has 0 aliphatic carbocycles. The van der Waals surface area contributed by atoms with Crippen molar-refractivity contribution in [1.82, 2.24) is 4.98 Å². The summed E-state index contributed by atoms with van der Waals surface area (Å²) in [5, 5.41) is 10.1. The summed E-state index contributed by atoms with van der Waals surface area (Å²) in [4.78, 5) is 14.4. The molecule has 0 unspecified atom stereocenters. The molecule has 0 amide bonds. The number of aromatic nitrogens is 1. The van der Waals surface area contributed by atoms with E-state index < -0.39 is 11.8 Å². The first-order valence-electron chi connectivity index (χ1n) is 7.16. The highest BCUT2D eigenvalue weighted by Crippen LogP contribution is 2.33. The summed E-state index contributed by atoms with van der Waals surface area (Å²) in [5.41, 5.74) is 3.73. The third-order valence-corrected chi connectivity index (χ3v) is 3.83. The van der Waals surface area contributed by atoms with Crippen molar-refractivity contribution in [2.45, 2.75) is 13.3 Å². The molecule has 2 aromatic carbocycles. The van der Waals surface area contributed by atoms with Crippen molar-refractivity contribution in [2.75, 3.05) is 7.11 Å². The molecule has 3 aromatic rings. The van der Waals surface area contributed by atoms with E-state index in [4.69, 9.17) is 4.74 Å². The molecular weight excluding hydrogens is 297 g/mol. The van der Waals surface area contributed by atoms with Crippen LogP contribution in [0.2, 0.25) is 0 Å². The number of carboxylic acid groups (broad SMARTS) is 1. The molecule has 0 atom stereocenters. The average molecular weight is 313 g/mol.